The van der Waals surface area contributed by atoms with Gasteiger partial charge in [-0.25, -0.2) is 4.79 Å². The molecule has 0 amide bonds. The Balaban J connectivity index is 1.21. The average Bonchev–Trinajstić information content (AvgIpc) is 3.45. The maximum atomic E-state index is 13.0. The maximum Gasteiger partial charge on any atom is 0.331 e. The summed E-state index contributed by atoms with van der Waals surface area (Å²) in [6, 6.07) is 0. The second kappa shape index (κ2) is 9.58. The van der Waals surface area contributed by atoms with Crippen molar-refractivity contribution >= 4 is 12.3 Å². The van der Waals surface area contributed by atoms with E-state index in [0.717, 1.165) is 31.1 Å². The van der Waals surface area contributed by atoms with Gasteiger partial charge in [0.25, 0.3) is 6.48 Å². The van der Waals surface area contributed by atoms with Gasteiger partial charge in [0.15, 0.2) is 6.29 Å². The van der Waals surface area contributed by atoms with Crippen molar-refractivity contribution < 1.29 is 48.6 Å². The fraction of sp³-hybridized carbons (Fsp3) is 0.862. The van der Waals surface area contributed by atoms with Crippen molar-refractivity contribution in [2.45, 2.75) is 114 Å². The highest BCUT2D eigenvalue weighted by Crippen LogP contribution is 2.70. The Morgan fingerprint density at radius 1 is 1.05 bits per heavy atom. The number of fused-ring (bicyclic) bond motifs is 5. The van der Waals surface area contributed by atoms with Crippen LogP contribution in [0.15, 0.2) is 11.6 Å². The second-order valence-corrected chi connectivity index (χ2v) is 13.1. The van der Waals surface area contributed by atoms with Crippen molar-refractivity contribution in [3.63, 3.8) is 0 Å². The molecule has 4 aliphatic carbocycles. The fourth-order valence-corrected chi connectivity index (χ4v) is 9.55. The highest BCUT2D eigenvalue weighted by Gasteiger charge is 2.71. The minimum Gasteiger partial charge on any atom is -0.458 e. The molecule has 2 aliphatic heterocycles. The number of esters is 1. The third-order valence-corrected chi connectivity index (χ3v) is 11.7. The van der Waals surface area contributed by atoms with Gasteiger partial charge in [-0.3, -0.25) is 4.74 Å². The van der Waals surface area contributed by atoms with Gasteiger partial charge in [-0.15, -0.1) is 0 Å². The van der Waals surface area contributed by atoms with E-state index in [0.29, 0.717) is 38.7 Å². The Bertz CT molecular complexity index is 1030. The zero-order valence-electron chi connectivity index (χ0n) is 23.0. The summed E-state index contributed by atoms with van der Waals surface area (Å²) in [6.45, 7) is 3.10. The topological polar surface area (TPSA) is 141 Å². The molecular formula is C29H42O10. The first-order chi connectivity index (χ1) is 18.5. The highest BCUT2D eigenvalue weighted by atomic mass is 16.9. The number of cyclic esters (lactones) is 1. The molecule has 1 saturated heterocycles. The van der Waals surface area contributed by atoms with Crippen LogP contribution in [0.1, 0.15) is 71.6 Å². The zero-order chi connectivity index (χ0) is 27.8. The number of aldehydes is 1. The summed E-state index contributed by atoms with van der Waals surface area (Å²) in [7, 11) is 1.44. The Hall–Kier alpha value is -1.40. The van der Waals surface area contributed by atoms with E-state index in [4.69, 9.17) is 23.7 Å². The van der Waals surface area contributed by atoms with Gasteiger partial charge in [-0.2, -0.15) is 0 Å². The number of methoxy groups -OCH3 is 1. The lowest BCUT2D eigenvalue weighted by Crippen LogP contribution is -2.69. The molecule has 5 fully saturated rings. The number of hydrogen-bond donors (Lipinski definition) is 3. The summed E-state index contributed by atoms with van der Waals surface area (Å²) >= 11 is 0. The Labute approximate surface area is 229 Å². The first kappa shape index (κ1) is 27.8. The van der Waals surface area contributed by atoms with Crippen LogP contribution >= 0.6 is 0 Å². The lowest BCUT2D eigenvalue weighted by Gasteiger charge is -2.65. The maximum absolute atomic E-state index is 13.0. The van der Waals surface area contributed by atoms with Crippen molar-refractivity contribution in [1.29, 1.82) is 0 Å². The molecule has 0 aromatic heterocycles. The third kappa shape index (κ3) is 3.93. The minimum absolute atomic E-state index is 0.0688. The number of ether oxygens (including phenoxy) is 5. The van der Waals surface area contributed by atoms with E-state index in [9.17, 15) is 24.9 Å². The van der Waals surface area contributed by atoms with Crippen LogP contribution in [0.5, 0.6) is 0 Å². The van der Waals surface area contributed by atoms with E-state index in [1.165, 1.54) is 7.11 Å². The van der Waals surface area contributed by atoms with Gasteiger partial charge < -0.3 is 39.1 Å². The van der Waals surface area contributed by atoms with Crippen molar-refractivity contribution in [3.05, 3.63) is 11.6 Å². The van der Waals surface area contributed by atoms with Crippen molar-refractivity contribution in [1.82, 2.24) is 0 Å². The van der Waals surface area contributed by atoms with Gasteiger partial charge in [0.2, 0.25) is 0 Å². The molecular weight excluding hydrogens is 508 g/mol. The fourth-order valence-electron chi connectivity index (χ4n) is 9.55. The van der Waals surface area contributed by atoms with Gasteiger partial charge in [0.1, 0.15) is 19.0 Å². The predicted molar refractivity (Wildman–Crippen MR) is 135 cm³/mol. The summed E-state index contributed by atoms with van der Waals surface area (Å²) < 4.78 is 27.8. The molecule has 2 unspecified atom stereocenters. The predicted octanol–water partition coefficient (Wildman–Crippen LogP) is 1.97. The van der Waals surface area contributed by atoms with Crippen LogP contribution in [0, 0.1) is 28.6 Å². The van der Waals surface area contributed by atoms with Gasteiger partial charge in [0, 0.05) is 25.0 Å². The minimum atomic E-state index is -1.27. The summed E-state index contributed by atoms with van der Waals surface area (Å²) in [4.78, 5) is 24.8. The summed E-state index contributed by atoms with van der Waals surface area (Å²) in [6.07, 6.45) is 4.87. The quantitative estimate of drug-likeness (QED) is 0.344. The summed E-state index contributed by atoms with van der Waals surface area (Å²) in [5.41, 5.74) is -2.66. The zero-order valence-corrected chi connectivity index (χ0v) is 23.0. The van der Waals surface area contributed by atoms with E-state index >= 15 is 0 Å². The standard InChI is InChI=1S/C29H42O10/c1-16-23(32)24(35-3)39-25(37-16)38-18-4-9-27(15-30)20-5-8-26(2)19(17-12-22(31)36-14-17)7-11-29(26,34)21(20)6-10-28(27,33)13-18/h12,15-16,18-21,23-25,32-34H,4-11,13-14H2,1-3H3/t16-,18+,19-,20?,21?,23-,24+,25+,26-,27+,28+,29+/m1/s1. The lowest BCUT2D eigenvalue weighted by atomic mass is 9.41. The Morgan fingerprint density at radius 3 is 2.51 bits per heavy atom. The number of aliphatic hydroxyl groups is 3. The molecule has 10 nitrogen and oxygen atoms in total. The molecule has 12 atom stereocenters. The molecule has 6 aliphatic rings. The number of hydrogen-bond acceptors (Lipinski definition) is 10. The number of carbonyl (C=O) groups excluding carboxylic acids is 2. The van der Waals surface area contributed by atoms with Crippen molar-refractivity contribution in [3.8, 4) is 0 Å². The van der Waals surface area contributed by atoms with Gasteiger partial charge in [-0.1, -0.05) is 6.92 Å². The third-order valence-electron chi connectivity index (χ3n) is 11.7. The lowest BCUT2D eigenvalue weighted by molar-refractivity contribution is -0.418. The average molecular weight is 551 g/mol. The smallest absolute Gasteiger partial charge is 0.331 e. The molecule has 0 spiro atoms. The van der Waals surface area contributed by atoms with Crippen LogP contribution < -0.4 is 0 Å². The van der Waals surface area contributed by atoms with Gasteiger partial charge in [-0.05, 0) is 81.6 Å². The largest absolute Gasteiger partial charge is 0.458 e. The van der Waals surface area contributed by atoms with E-state index in [-0.39, 0.29) is 30.1 Å². The number of rotatable bonds is 5. The van der Waals surface area contributed by atoms with E-state index < -0.39 is 53.1 Å². The van der Waals surface area contributed by atoms with Crippen LogP contribution in [0.2, 0.25) is 0 Å². The van der Waals surface area contributed by atoms with E-state index in [1.807, 2.05) is 0 Å². The Morgan fingerprint density at radius 2 is 1.82 bits per heavy atom. The monoisotopic (exact) mass is 550 g/mol. The summed E-state index contributed by atoms with van der Waals surface area (Å²) in [5.74, 6) is -0.499. The van der Waals surface area contributed by atoms with Crippen LogP contribution in [-0.2, 0) is 33.3 Å². The van der Waals surface area contributed by atoms with Crippen LogP contribution in [0.25, 0.3) is 0 Å². The Kier molecular flexibility index (Phi) is 6.81. The van der Waals surface area contributed by atoms with Crippen LogP contribution in [0.4, 0.5) is 0 Å². The van der Waals surface area contributed by atoms with Crippen LogP contribution in [0.3, 0.4) is 0 Å². The first-order valence-corrected chi connectivity index (χ1v) is 14.5. The number of aliphatic hydroxyl groups excluding tert-OH is 1. The normalized spacial score (nSPS) is 53.3. The summed E-state index contributed by atoms with van der Waals surface area (Å²) in [5, 5.41) is 34.7. The van der Waals surface area contributed by atoms with Crippen LogP contribution in [-0.4, -0.2) is 83.6 Å². The SMILES string of the molecule is CO[C@H]1O[C@H](O[C@H]2CC[C@]3(C=O)C4CC[C@]5(C)[C@@H](C6=CC(=O)OC6)CC[C@]5(O)C4CC[C@]3(O)C2)O[C@H](C)[C@H]1O. The molecule has 6 rings (SSSR count). The van der Waals surface area contributed by atoms with Gasteiger partial charge >= 0.3 is 5.97 Å². The molecule has 218 valence electrons. The van der Waals surface area contributed by atoms with Crippen molar-refractivity contribution in [2.75, 3.05) is 13.7 Å². The highest BCUT2D eigenvalue weighted by molar-refractivity contribution is 5.85. The van der Waals surface area contributed by atoms with E-state index in [1.54, 1.807) is 13.0 Å². The first-order valence-electron chi connectivity index (χ1n) is 14.5. The molecule has 39 heavy (non-hydrogen) atoms. The number of carbonyl (C=O) groups is 2. The molecule has 10 heteroatoms. The molecule has 0 radical (unpaired) electrons. The second-order valence-electron chi connectivity index (χ2n) is 13.1. The van der Waals surface area contributed by atoms with Crippen molar-refractivity contribution in [2.24, 2.45) is 28.6 Å². The molecule has 2 heterocycles. The molecule has 0 aromatic carbocycles. The van der Waals surface area contributed by atoms with E-state index in [2.05, 4.69) is 6.92 Å². The van der Waals surface area contributed by atoms with Gasteiger partial charge in [0.05, 0.1) is 28.8 Å². The molecule has 3 N–H and O–H groups in total. The molecule has 0 aromatic rings. The molecule has 4 saturated carbocycles. The molecule has 0 bridgehead atoms.